The van der Waals surface area contributed by atoms with E-state index in [1.165, 1.54) is 12.1 Å². The van der Waals surface area contributed by atoms with E-state index in [1.54, 1.807) is 0 Å². The van der Waals surface area contributed by atoms with E-state index in [0.717, 1.165) is 6.07 Å². The molecule has 1 aliphatic carbocycles. The summed E-state index contributed by atoms with van der Waals surface area (Å²) in [6.07, 6.45) is -3.13. The van der Waals surface area contributed by atoms with Crippen LogP contribution in [0.3, 0.4) is 0 Å². The van der Waals surface area contributed by atoms with Crippen molar-refractivity contribution >= 4 is 11.8 Å². The fourth-order valence-corrected chi connectivity index (χ4v) is 3.23. The van der Waals surface area contributed by atoms with Crippen molar-refractivity contribution in [2.75, 3.05) is 11.5 Å². The van der Waals surface area contributed by atoms with Crippen molar-refractivity contribution in [3.05, 3.63) is 46.1 Å². The summed E-state index contributed by atoms with van der Waals surface area (Å²) in [5.41, 5.74) is 12.5. The summed E-state index contributed by atoms with van der Waals surface area (Å²) < 4.78 is 40.2. The molecule has 0 bridgehead atoms. The van der Waals surface area contributed by atoms with Crippen LogP contribution in [0.25, 0.3) is 0 Å². The van der Waals surface area contributed by atoms with Crippen molar-refractivity contribution in [3.8, 4) is 0 Å². The molecular formula is C16H17F3N4O. The summed E-state index contributed by atoms with van der Waals surface area (Å²) >= 11 is 0. The number of benzene rings is 1. The first-order valence-electron chi connectivity index (χ1n) is 7.51. The normalized spacial score (nSPS) is 17.6. The van der Waals surface area contributed by atoms with Crippen LogP contribution in [0.4, 0.5) is 24.9 Å². The number of hydrogen-bond acceptors (Lipinski definition) is 5. The van der Waals surface area contributed by atoms with Gasteiger partial charge in [0.15, 0.2) is 0 Å². The zero-order valence-electron chi connectivity index (χ0n) is 12.8. The molecule has 5 N–H and O–H groups in total. The van der Waals surface area contributed by atoms with Crippen molar-refractivity contribution in [1.82, 2.24) is 9.97 Å². The van der Waals surface area contributed by atoms with Crippen LogP contribution < -0.4 is 11.5 Å². The van der Waals surface area contributed by atoms with Crippen molar-refractivity contribution < 1.29 is 18.3 Å². The number of halogens is 3. The third kappa shape index (κ3) is 3.01. The molecule has 24 heavy (non-hydrogen) atoms. The average molecular weight is 338 g/mol. The maximum absolute atomic E-state index is 13.4. The van der Waals surface area contributed by atoms with Crippen LogP contribution in [0.15, 0.2) is 18.2 Å². The molecule has 128 valence electrons. The molecule has 2 aromatic rings. The van der Waals surface area contributed by atoms with Gasteiger partial charge in [-0.25, -0.2) is 4.98 Å². The van der Waals surface area contributed by atoms with Gasteiger partial charge in [-0.3, -0.25) is 0 Å². The Morgan fingerprint density at radius 2 is 1.96 bits per heavy atom. The van der Waals surface area contributed by atoms with E-state index in [9.17, 15) is 13.2 Å². The van der Waals surface area contributed by atoms with Gasteiger partial charge in [-0.05, 0) is 42.4 Å². The highest BCUT2D eigenvalue weighted by atomic mass is 19.4. The van der Waals surface area contributed by atoms with Crippen LogP contribution in [-0.4, -0.2) is 15.1 Å². The highest BCUT2D eigenvalue weighted by molar-refractivity contribution is 5.49. The molecule has 0 amide bonds. The lowest BCUT2D eigenvalue weighted by Gasteiger charge is -2.27. The Kier molecular flexibility index (Phi) is 4.08. The number of rotatable bonds is 2. The van der Waals surface area contributed by atoms with Gasteiger partial charge in [-0.2, -0.15) is 18.2 Å². The quantitative estimate of drug-likeness (QED) is 0.781. The molecule has 1 unspecified atom stereocenters. The molecular weight excluding hydrogens is 321 g/mol. The Bertz CT molecular complexity index is 777. The first-order chi connectivity index (χ1) is 11.3. The number of aryl methyl sites for hydroxylation is 1. The Labute approximate surface area is 136 Å². The summed E-state index contributed by atoms with van der Waals surface area (Å²) in [5, 5.41) is 9.11. The molecule has 8 heteroatoms. The molecule has 1 atom stereocenters. The predicted octanol–water partition coefficient (Wildman–Crippen LogP) is 2.42. The Morgan fingerprint density at radius 3 is 2.62 bits per heavy atom. The lowest BCUT2D eigenvalue weighted by molar-refractivity contribution is -0.138. The summed E-state index contributed by atoms with van der Waals surface area (Å²) in [6, 6.07) is 3.97. The van der Waals surface area contributed by atoms with E-state index in [-0.39, 0.29) is 28.8 Å². The molecule has 1 aliphatic rings. The molecule has 3 rings (SSSR count). The van der Waals surface area contributed by atoms with Crippen molar-refractivity contribution in [1.29, 1.82) is 0 Å². The number of nitrogen functional groups attached to an aromatic ring is 2. The van der Waals surface area contributed by atoms with Crippen molar-refractivity contribution in [3.63, 3.8) is 0 Å². The molecule has 1 aromatic heterocycles. The van der Waals surface area contributed by atoms with Gasteiger partial charge in [0, 0.05) is 5.56 Å². The minimum atomic E-state index is -4.48. The van der Waals surface area contributed by atoms with E-state index in [1.807, 2.05) is 0 Å². The Balaban J connectivity index is 2.01. The minimum Gasteiger partial charge on any atom is -0.392 e. The largest absolute Gasteiger partial charge is 0.416 e. The highest BCUT2D eigenvalue weighted by Gasteiger charge is 2.36. The molecule has 0 saturated heterocycles. The maximum atomic E-state index is 13.4. The molecule has 0 fully saturated rings. The second-order valence-corrected chi connectivity index (χ2v) is 5.91. The van der Waals surface area contributed by atoms with E-state index in [0.29, 0.717) is 30.5 Å². The third-order valence-corrected chi connectivity index (χ3v) is 4.37. The smallest absolute Gasteiger partial charge is 0.392 e. The maximum Gasteiger partial charge on any atom is 0.416 e. The second-order valence-electron chi connectivity index (χ2n) is 5.91. The Hall–Kier alpha value is -2.35. The van der Waals surface area contributed by atoms with E-state index >= 15 is 0 Å². The molecule has 0 saturated carbocycles. The van der Waals surface area contributed by atoms with Crippen LogP contribution in [0.5, 0.6) is 0 Å². The molecule has 0 aliphatic heterocycles. The summed E-state index contributed by atoms with van der Waals surface area (Å²) in [6.45, 7) is -0.434. The van der Waals surface area contributed by atoms with Crippen molar-refractivity contribution in [2.45, 2.75) is 38.0 Å². The first kappa shape index (κ1) is 16.5. The fraction of sp³-hybridized carbons (Fsp3) is 0.375. The number of alkyl halides is 3. The fourth-order valence-electron chi connectivity index (χ4n) is 3.23. The topological polar surface area (TPSA) is 98.0 Å². The summed E-state index contributed by atoms with van der Waals surface area (Å²) in [4.78, 5) is 8.04. The monoisotopic (exact) mass is 338 g/mol. The van der Waals surface area contributed by atoms with E-state index < -0.39 is 18.3 Å². The van der Waals surface area contributed by atoms with Gasteiger partial charge < -0.3 is 16.6 Å². The number of aliphatic hydroxyl groups is 1. The van der Waals surface area contributed by atoms with Gasteiger partial charge in [-0.1, -0.05) is 12.1 Å². The zero-order valence-corrected chi connectivity index (χ0v) is 12.8. The Morgan fingerprint density at radius 1 is 1.21 bits per heavy atom. The number of hydrogen-bond donors (Lipinski definition) is 3. The number of anilines is 2. The number of nitrogens with zero attached hydrogens (tertiary/aromatic N) is 2. The molecule has 0 spiro atoms. The first-order valence-corrected chi connectivity index (χ1v) is 7.51. The van der Waals surface area contributed by atoms with Gasteiger partial charge in [0.1, 0.15) is 5.82 Å². The van der Waals surface area contributed by atoms with Gasteiger partial charge >= 0.3 is 6.18 Å². The van der Waals surface area contributed by atoms with Gasteiger partial charge in [0.05, 0.1) is 17.9 Å². The van der Waals surface area contributed by atoms with Crippen molar-refractivity contribution in [2.24, 2.45) is 0 Å². The third-order valence-electron chi connectivity index (χ3n) is 4.37. The SMILES string of the molecule is Nc1nc(N)c2c(n1)CCC(c1ccc(CO)cc1C(F)(F)F)C2. The average Bonchev–Trinajstić information content (AvgIpc) is 2.53. The van der Waals surface area contributed by atoms with Gasteiger partial charge in [0.25, 0.3) is 0 Å². The van der Waals surface area contributed by atoms with Crippen LogP contribution in [0.1, 0.15) is 40.3 Å². The molecule has 0 radical (unpaired) electrons. The zero-order chi connectivity index (χ0) is 17.5. The van der Waals surface area contributed by atoms with Gasteiger partial charge in [0.2, 0.25) is 5.95 Å². The van der Waals surface area contributed by atoms with E-state index in [2.05, 4.69) is 9.97 Å². The highest BCUT2D eigenvalue weighted by Crippen LogP contribution is 2.41. The molecule has 1 aromatic carbocycles. The minimum absolute atomic E-state index is 0.0768. The lowest BCUT2D eigenvalue weighted by atomic mass is 9.80. The number of aromatic nitrogens is 2. The van der Waals surface area contributed by atoms with Crippen LogP contribution in [-0.2, 0) is 25.6 Å². The number of nitrogens with two attached hydrogens (primary N) is 2. The van der Waals surface area contributed by atoms with Crippen LogP contribution in [0.2, 0.25) is 0 Å². The molecule has 1 heterocycles. The van der Waals surface area contributed by atoms with Crippen LogP contribution in [0, 0.1) is 0 Å². The summed E-state index contributed by atoms with van der Waals surface area (Å²) in [7, 11) is 0. The second kappa shape index (κ2) is 5.94. The van der Waals surface area contributed by atoms with Crippen LogP contribution >= 0.6 is 0 Å². The molecule has 5 nitrogen and oxygen atoms in total. The summed E-state index contributed by atoms with van der Waals surface area (Å²) in [5.74, 6) is -0.0351. The number of fused-ring (bicyclic) bond motifs is 1. The standard InChI is InChI=1S/C16H17F3N4O/c17-16(18,19)12-5-8(7-24)1-3-10(12)9-2-4-13-11(6-9)14(20)23-15(21)22-13/h1,3,5,9,24H,2,4,6-7H2,(H4,20,21,22,23). The van der Waals surface area contributed by atoms with E-state index in [4.69, 9.17) is 16.6 Å². The predicted molar refractivity (Wildman–Crippen MR) is 83.0 cm³/mol. The lowest BCUT2D eigenvalue weighted by Crippen LogP contribution is -2.21. The van der Waals surface area contributed by atoms with Gasteiger partial charge in [-0.15, -0.1) is 0 Å². The number of aliphatic hydroxyl groups excluding tert-OH is 1.